The predicted molar refractivity (Wildman–Crippen MR) is 28.2 cm³/mol. The van der Waals surface area contributed by atoms with E-state index in [9.17, 15) is 0 Å². The SMILES string of the molecule is CNC(C)P=N. The average Bonchev–Trinajstić information content (AvgIpc) is 1.65. The largest absolute Gasteiger partial charge is 0.309 e. The van der Waals surface area contributed by atoms with Gasteiger partial charge in [-0.3, -0.25) is 5.16 Å². The summed E-state index contributed by atoms with van der Waals surface area (Å²) in [6.07, 6.45) is 0. The molecular weight excluding hydrogens is 95.0 g/mol. The van der Waals surface area contributed by atoms with E-state index in [-0.39, 0.29) is 0 Å². The first-order chi connectivity index (χ1) is 2.81. The molecule has 0 fully saturated rings. The van der Waals surface area contributed by atoms with E-state index < -0.39 is 0 Å². The van der Waals surface area contributed by atoms with Crippen LogP contribution in [0, 0.1) is 5.16 Å². The Kier molecular flexibility index (Phi) is 3.29. The van der Waals surface area contributed by atoms with Crippen LogP contribution in [0.2, 0.25) is 0 Å². The van der Waals surface area contributed by atoms with Gasteiger partial charge in [-0.2, -0.15) is 0 Å². The van der Waals surface area contributed by atoms with Gasteiger partial charge in [0.25, 0.3) is 0 Å². The van der Waals surface area contributed by atoms with Gasteiger partial charge < -0.3 is 5.32 Å². The maximum absolute atomic E-state index is 6.72. The second-order valence-electron chi connectivity index (χ2n) is 1.09. The minimum absolute atomic E-state index is 0.324. The molecule has 0 aliphatic rings. The van der Waals surface area contributed by atoms with E-state index in [2.05, 4.69) is 5.32 Å². The molecule has 36 valence electrons. The van der Waals surface area contributed by atoms with Gasteiger partial charge in [-0.25, -0.2) is 0 Å². The summed E-state index contributed by atoms with van der Waals surface area (Å²) in [4.78, 5) is 0. The smallest absolute Gasteiger partial charge is 0.0634 e. The van der Waals surface area contributed by atoms with Gasteiger partial charge in [0.1, 0.15) is 0 Å². The molecule has 0 aliphatic heterocycles. The van der Waals surface area contributed by atoms with Crippen LogP contribution in [-0.2, 0) is 0 Å². The Hall–Kier alpha value is 0.0600. The Balaban J connectivity index is 2.96. The highest BCUT2D eigenvalue weighted by Gasteiger charge is 1.84. The first kappa shape index (κ1) is 6.06. The molecule has 0 radical (unpaired) electrons. The van der Waals surface area contributed by atoms with E-state index in [1.54, 1.807) is 0 Å². The summed E-state index contributed by atoms with van der Waals surface area (Å²) in [5.74, 6) is 0.324. The molecule has 0 spiro atoms. The second kappa shape index (κ2) is 3.26. The fraction of sp³-hybridized carbons (Fsp3) is 1.00. The Morgan fingerprint density at radius 3 is 2.33 bits per heavy atom. The number of hydrogen-bond acceptors (Lipinski definition) is 2. The molecule has 0 aliphatic carbocycles. The van der Waals surface area contributed by atoms with Crippen LogP contribution in [0.4, 0.5) is 0 Å². The van der Waals surface area contributed by atoms with Gasteiger partial charge in [0.2, 0.25) is 0 Å². The van der Waals surface area contributed by atoms with Crippen LogP contribution in [-0.4, -0.2) is 12.8 Å². The Labute approximate surface area is 39.6 Å². The van der Waals surface area contributed by atoms with E-state index >= 15 is 0 Å². The molecular formula is C3H9N2P. The fourth-order valence-corrected chi connectivity index (χ4v) is 0.194. The van der Waals surface area contributed by atoms with Crippen LogP contribution in [0.3, 0.4) is 0 Å². The molecule has 0 saturated heterocycles. The monoisotopic (exact) mass is 104 g/mol. The van der Waals surface area contributed by atoms with E-state index in [4.69, 9.17) is 5.16 Å². The molecule has 0 heterocycles. The zero-order valence-electron chi connectivity index (χ0n) is 4.02. The summed E-state index contributed by atoms with van der Waals surface area (Å²) in [6.45, 7) is 1.97. The van der Waals surface area contributed by atoms with Crippen LogP contribution >= 0.6 is 8.37 Å². The molecule has 2 N–H and O–H groups in total. The van der Waals surface area contributed by atoms with Crippen molar-refractivity contribution in [1.29, 1.82) is 5.16 Å². The number of nitrogens with one attached hydrogen (secondary N) is 2. The van der Waals surface area contributed by atoms with Gasteiger partial charge in [-0.1, -0.05) is 0 Å². The lowest BCUT2D eigenvalue weighted by atomic mass is 10.8. The van der Waals surface area contributed by atoms with Crippen molar-refractivity contribution < 1.29 is 0 Å². The third kappa shape index (κ3) is 2.31. The lowest BCUT2D eigenvalue weighted by Gasteiger charge is -1.95. The van der Waals surface area contributed by atoms with Gasteiger partial charge in [-0.15, -0.1) is 0 Å². The third-order valence-corrected chi connectivity index (χ3v) is 1.26. The molecule has 0 rings (SSSR count). The van der Waals surface area contributed by atoms with Crippen molar-refractivity contribution in [2.24, 2.45) is 0 Å². The minimum Gasteiger partial charge on any atom is -0.309 e. The first-order valence-corrected chi connectivity index (χ1v) is 2.81. The number of hydrogen-bond donors (Lipinski definition) is 2. The molecule has 0 aromatic carbocycles. The van der Waals surface area contributed by atoms with Crippen LogP contribution in [0.25, 0.3) is 0 Å². The molecule has 0 saturated carbocycles. The van der Waals surface area contributed by atoms with Crippen molar-refractivity contribution in [3.63, 3.8) is 0 Å². The summed E-state index contributed by atoms with van der Waals surface area (Å²) < 4.78 is 0. The van der Waals surface area contributed by atoms with Gasteiger partial charge in [0.05, 0.1) is 5.78 Å². The fourth-order valence-electron chi connectivity index (χ4n) is 0.0645. The standard InChI is InChI=1S/C3H9N2P/c1-3(5-2)6-4/h3-5H,1-2H3. The van der Waals surface area contributed by atoms with Crippen LogP contribution in [0.15, 0.2) is 0 Å². The summed E-state index contributed by atoms with van der Waals surface area (Å²) in [6, 6.07) is 0. The molecule has 1 unspecified atom stereocenters. The van der Waals surface area contributed by atoms with E-state index in [1.807, 2.05) is 14.0 Å². The lowest BCUT2D eigenvalue weighted by Crippen LogP contribution is -2.12. The number of rotatable bonds is 2. The topological polar surface area (TPSA) is 35.9 Å². The van der Waals surface area contributed by atoms with Crippen molar-refractivity contribution in [3.8, 4) is 0 Å². The van der Waals surface area contributed by atoms with Crippen molar-refractivity contribution in [2.75, 3.05) is 7.05 Å². The molecule has 1 atom stereocenters. The van der Waals surface area contributed by atoms with Crippen LogP contribution in [0.1, 0.15) is 6.92 Å². The highest BCUT2D eigenvalue weighted by Crippen LogP contribution is 1.97. The van der Waals surface area contributed by atoms with Crippen LogP contribution in [0.5, 0.6) is 0 Å². The summed E-state index contributed by atoms with van der Waals surface area (Å²) in [7, 11) is 2.52. The maximum Gasteiger partial charge on any atom is 0.0634 e. The summed E-state index contributed by atoms with van der Waals surface area (Å²) in [5, 5.41) is 9.63. The zero-order chi connectivity index (χ0) is 4.99. The van der Waals surface area contributed by atoms with Gasteiger partial charge in [0, 0.05) is 8.37 Å². The first-order valence-electron chi connectivity index (χ1n) is 1.85. The van der Waals surface area contributed by atoms with Gasteiger partial charge in [-0.05, 0) is 14.0 Å². The van der Waals surface area contributed by atoms with E-state index in [1.165, 1.54) is 0 Å². The maximum atomic E-state index is 6.72. The average molecular weight is 104 g/mol. The highest BCUT2D eigenvalue weighted by atomic mass is 31.1. The zero-order valence-corrected chi connectivity index (χ0v) is 4.92. The minimum atomic E-state index is 0.324. The Morgan fingerprint density at radius 2 is 2.33 bits per heavy atom. The Bertz CT molecular complexity index is 46.1. The van der Waals surface area contributed by atoms with Crippen molar-refractivity contribution in [2.45, 2.75) is 12.7 Å². The summed E-state index contributed by atoms with van der Waals surface area (Å²) in [5.41, 5.74) is 0. The van der Waals surface area contributed by atoms with Crippen molar-refractivity contribution >= 4 is 8.37 Å². The van der Waals surface area contributed by atoms with Gasteiger partial charge in [0.15, 0.2) is 0 Å². The lowest BCUT2D eigenvalue weighted by molar-refractivity contribution is 0.802. The quantitative estimate of drug-likeness (QED) is 0.508. The molecule has 6 heavy (non-hydrogen) atoms. The molecule has 2 nitrogen and oxygen atoms in total. The van der Waals surface area contributed by atoms with E-state index in [0.29, 0.717) is 14.2 Å². The predicted octanol–water partition coefficient (Wildman–Crippen LogP) is 1.26. The van der Waals surface area contributed by atoms with E-state index in [0.717, 1.165) is 0 Å². The van der Waals surface area contributed by atoms with Gasteiger partial charge >= 0.3 is 0 Å². The molecule has 0 amide bonds. The molecule has 3 heteroatoms. The van der Waals surface area contributed by atoms with Crippen molar-refractivity contribution in [1.82, 2.24) is 5.32 Å². The van der Waals surface area contributed by atoms with Crippen LogP contribution < -0.4 is 5.32 Å². The normalized spacial score (nSPS) is 15.0. The molecule has 0 aromatic heterocycles. The van der Waals surface area contributed by atoms with Crippen molar-refractivity contribution in [3.05, 3.63) is 0 Å². The second-order valence-corrected chi connectivity index (χ2v) is 2.13. The third-order valence-electron chi connectivity index (χ3n) is 0.611. The molecule has 0 bridgehead atoms. The Morgan fingerprint density at radius 1 is 1.83 bits per heavy atom. The summed E-state index contributed by atoms with van der Waals surface area (Å²) >= 11 is 0. The molecule has 0 aromatic rings. The highest BCUT2D eigenvalue weighted by molar-refractivity contribution is 7.25.